The molecule has 27 heavy (non-hydrogen) atoms. The maximum atomic E-state index is 13.7. The highest BCUT2D eigenvalue weighted by molar-refractivity contribution is 6.07. The Bertz CT molecular complexity index is 974. The van der Waals surface area contributed by atoms with Gasteiger partial charge in [0.25, 0.3) is 11.8 Å². The Labute approximate surface area is 155 Å². The van der Waals surface area contributed by atoms with Crippen LogP contribution in [-0.2, 0) is 0 Å². The van der Waals surface area contributed by atoms with Gasteiger partial charge < -0.3 is 15.4 Å². The van der Waals surface area contributed by atoms with Crippen LogP contribution in [-0.4, -0.2) is 23.9 Å². The Morgan fingerprint density at radius 3 is 2.41 bits per heavy atom. The van der Waals surface area contributed by atoms with E-state index in [0.717, 1.165) is 0 Å². The van der Waals surface area contributed by atoms with Gasteiger partial charge in [-0.2, -0.15) is 0 Å². The topological polar surface area (TPSA) is 80.3 Å². The van der Waals surface area contributed by atoms with Gasteiger partial charge >= 0.3 is 0 Å². The second kappa shape index (κ2) is 8.09. The van der Waals surface area contributed by atoms with E-state index in [4.69, 9.17) is 4.74 Å². The minimum absolute atomic E-state index is 0.0588. The van der Waals surface area contributed by atoms with Crippen LogP contribution in [0.25, 0.3) is 0 Å². The van der Waals surface area contributed by atoms with Gasteiger partial charge in [-0.3, -0.25) is 14.6 Å². The van der Waals surface area contributed by atoms with Crippen molar-refractivity contribution in [3.63, 3.8) is 0 Å². The molecule has 0 aliphatic rings. The second-order valence-electron chi connectivity index (χ2n) is 5.55. The summed E-state index contributed by atoms with van der Waals surface area (Å²) < 4.78 is 18.7. The van der Waals surface area contributed by atoms with Crippen molar-refractivity contribution in [3.8, 4) is 5.75 Å². The van der Waals surface area contributed by atoms with E-state index < -0.39 is 17.6 Å². The third-order valence-corrected chi connectivity index (χ3v) is 3.72. The van der Waals surface area contributed by atoms with Crippen LogP contribution in [0.4, 0.5) is 15.8 Å². The number of halogens is 1. The minimum Gasteiger partial charge on any atom is -0.497 e. The van der Waals surface area contributed by atoms with Crippen molar-refractivity contribution in [2.45, 2.75) is 0 Å². The summed E-state index contributed by atoms with van der Waals surface area (Å²) in [4.78, 5) is 28.7. The highest BCUT2D eigenvalue weighted by Gasteiger charge is 2.13. The lowest BCUT2D eigenvalue weighted by Gasteiger charge is -2.08. The number of aromatic nitrogens is 1. The third kappa shape index (κ3) is 4.46. The number of carbonyl (C=O) groups is 2. The molecule has 7 heteroatoms. The summed E-state index contributed by atoms with van der Waals surface area (Å²) in [5.74, 6) is -0.892. The zero-order valence-corrected chi connectivity index (χ0v) is 14.4. The fourth-order valence-electron chi connectivity index (χ4n) is 2.32. The number of amides is 2. The van der Waals surface area contributed by atoms with Gasteiger partial charge in [-0.1, -0.05) is 12.1 Å². The number of nitrogens with zero attached hydrogens (tertiary/aromatic N) is 1. The molecule has 1 heterocycles. The van der Waals surface area contributed by atoms with Gasteiger partial charge in [0, 0.05) is 17.4 Å². The van der Waals surface area contributed by atoms with Crippen molar-refractivity contribution in [1.82, 2.24) is 4.98 Å². The highest BCUT2D eigenvalue weighted by atomic mass is 19.1. The quantitative estimate of drug-likeness (QED) is 0.722. The minimum atomic E-state index is -0.544. The van der Waals surface area contributed by atoms with Gasteiger partial charge in [-0.25, -0.2) is 4.39 Å². The van der Waals surface area contributed by atoms with Gasteiger partial charge in [0.05, 0.1) is 12.8 Å². The molecule has 1 aromatic heterocycles. The molecular formula is C20H16FN3O3. The van der Waals surface area contributed by atoms with Gasteiger partial charge in [-0.15, -0.1) is 0 Å². The number of benzene rings is 2. The van der Waals surface area contributed by atoms with Crippen LogP contribution in [0.2, 0.25) is 0 Å². The molecule has 0 spiro atoms. The van der Waals surface area contributed by atoms with E-state index in [-0.39, 0.29) is 16.9 Å². The van der Waals surface area contributed by atoms with Crippen LogP contribution in [0.3, 0.4) is 0 Å². The number of anilines is 2. The summed E-state index contributed by atoms with van der Waals surface area (Å²) >= 11 is 0. The molecule has 0 atom stereocenters. The van der Waals surface area contributed by atoms with Crippen LogP contribution in [0.1, 0.15) is 20.8 Å². The first-order valence-electron chi connectivity index (χ1n) is 8.04. The predicted octanol–water partition coefficient (Wildman–Crippen LogP) is 3.73. The maximum absolute atomic E-state index is 13.7. The number of pyridine rings is 1. The van der Waals surface area contributed by atoms with E-state index in [1.807, 2.05) is 0 Å². The van der Waals surface area contributed by atoms with Crippen LogP contribution in [0.5, 0.6) is 5.75 Å². The Morgan fingerprint density at radius 1 is 0.963 bits per heavy atom. The van der Waals surface area contributed by atoms with Gasteiger partial charge in [0.1, 0.15) is 17.3 Å². The third-order valence-electron chi connectivity index (χ3n) is 3.72. The van der Waals surface area contributed by atoms with Crippen LogP contribution in [0, 0.1) is 5.82 Å². The second-order valence-corrected chi connectivity index (χ2v) is 5.55. The first kappa shape index (κ1) is 18.1. The Balaban J connectivity index is 1.73. The van der Waals surface area contributed by atoms with Crippen molar-refractivity contribution in [3.05, 3.63) is 83.9 Å². The van der Waals surface area contributed by atoms with E-state index >= 15 is 0 Å². The summed E-state index contributed by atoms with van der Waals surface area (Å²) in [6, 6.07) is 15.4. The summed E-state index contributed by atoms with van der Waals surface area (Å²) in [6.45, 7) is 0. The van der Waals surface area contributed by atoms with Gasteiger partial charge in [0.15, 0.2) is 0 Å². The summed E-state index contributed by atoms with van der Waals surface area (Å²) in [6.07, 6.45) is 1.35. The molecule has 3 rings (SSSR count). The number of methoxy groups -OCH3 is 1. The van der Waals surface area contributed by atoms with E-state index in [1.54, 1.807) is 37.4 Å². The largest absolute Gasteiger partial charge is 0.497 e. The molecule has 0 bridgehead atoms. The molecule has 0 saturated heterocycles. The molecule has 2 amide bonds. The number of hydrogen-bond acceptors (Lipinski definition) is 4. The Hall–Kier alpha value is -3.74. The Morgan fingerprint density at radius 2 is 1.70 bits per heavy atom. The molecule has 6 nitrogen and oxygen atoms in total. The number of para-hydroxylation sites is 1. The molecular weight excluding hydrogens is 349 g/mol. The lowest BCUT2D eigenvalue weighted by molar-refractivity contribution is 0.102. The standard InChI is InChI=1S/C20H16FN3O3/c1-27-15-8-6-14(7-9-15)23-20(26)18-12-13(10-11-22-18)19(25)24-17-5-3-2-4-16(17)21/h2-12H,1H3,(H,23,26)(H,24,25). The monoisotopic (exact) mass is 365 g/mol. The fraction of sp³-hybridized carbons (Fsp3) is 0.0500. The Kier molecular flexibility index (Phi) is 5.41. The highest BCUT2D eigenvalue weighted by Crippen LogP contribution is 2.17. The zero-order valence-electron chi connectivity index (χ0n) is 14.4. The summed E-state index contributed by atoms with van der Waals surface area (Å²) in [5, 5.41) is 5.15. The number of rotatable bonds is 5. The summed E-state index contributed by atoms with van der Waals surface area (Å²) in [5.41, 5.74) is 0.868. The maximum Gasteiger partial charge on any atom is 0.274 e. The average Bonchev–Trinajstić information content (AvgIpc) is 2.70. The lowest BCUT2D eigenvalue weighted by atomic mass is 10.2. The van der Waals surface area contributed by atoms with Crippen molar-refractivity contribution in [1.29, 1.82) is 0 Å². The molecule has 136 valence electrons. The smallest absolute Gasteiger partial charge is 0.274 e. The fourth-order valence-corrected chi connectivity index (χ4v) is 2.32. The molecule has 0 fully saturated rings. The molecule has 3 aromatic rings. The number of hydrogen-bond donors (Lipinski definition) is 2. The van der Waals surface area contributed by atoms with Crippen LogP contribution >= 0.6 is 0 Å². The molecule has 0 aliphatic carbocycles. The average molecular weight is 365 g/mol. The molecule has 0 saturated carbocycles. The lowest BCUT2D eigenvalue weighted by Crippen LogP contribution is -2.17. The van der Waals surface area contributed by atoms with E-state index in [1.165, 1.54) is 36.5 Å². The molecule has 0 unspecified atom stereocenters. The van der Waals surface area contributed by atoms with Gasteiger partial charge in [0.2, 0.25) is 0 Å². The molecule has 0 aliphatic heterocycles. The normalized spacial score (nSPS) is 10.1. The van der Waals surface area contributed by atoms with Crippen molar-refractivity contribution >= 4 is 23.2 Å². The van der Waals surface area contributed by atoms with Crippen molar-refractivity contribution in [2.75, 3.05) is 17.7 Å². The summed E-state index contributed by atoms with van der Waals surface area (Å²) in [7, 11) is 1.55. The van der Waals surface area contributed by atoms with E-state index in [9.17, 15) is 14.0 Å². The predicted molar refractivity (Wildman–Crippen MR) is 99.5 cm³/mol. The van der Waals surface area contributed by atoms with Crippen molar-refractivity contribution in [2.24, 2.45) is 0 Å². The van der Waals surface area contributed by atoms with Crippen LogP contribution in [0.15, 0.2) is 66.9 Å². The number of carbonyl (C=O) groups excluding carboxylic acids is 2. The van der Waals surface area contributed by atoms with Gasteiger partial charge in [-0.05, 0) is 48.5 Å². The van der Waals surface area contributed by atoms with Crippen LogP contribution < -0.4 is 15.4 Å². The molecule has 2 N–H and O–H groups in total. The SMILES string of the molecule is COc1ccc(NC(=O)c2cc(C(=O)Nc3ccccc3F)ccn2)cc1. The first-order valence-corrected chi connectivity index (χ1v) is 8.04. The van der Waals surface area contributed by atoms with E-state index in [2.05, 4.69) is 15.6 Å². The van der Waals surface area contributed by atoms with Crippen molar-refractivity contribution < 1.29 is 18.7 Å². The molecule has 0 radical (unpaired) electrons. The van der Waals surface area contributed by atoms with E-state index in [0.29, 0.717) is 11.4 Å². The molecule has 2 aromatic carbocycles. The zero-order chi connectivity index (χ0) is 19.2. The number of ether oxygens (including phenoxy) is 1. The first-order chi connectivity index (χ1) is 13.1. The number of nitrogens with one attached hydrogen (secondary N) is 2.